The molecule has 0 spiro atoms. The first kappa shape index (κ1) is 13.1. The molecule has 100 valence electrons. The fraction of sp³-hybridized carbons (Fsp3) is 0.692. The Labute approximate surface area is 109 Å². The predicted octanol–water partition coefficient (Wildman–Crippen LogP) is 2.09. The van der Waals surface area contributed by atoms with E-state index >= 15 is 0 Å². The Bertz CT molecular complexity index is 406. The van der Waals surface area contributed by atoms with E-state index in [-0.39, 0.29) is 0 Å². The monoisotopic (exact) mass is 249 g/mol. The molecule has 1 aromatic heterocycles. The van der Waals surface area contributed by atoms with Crippen molar-refractivity contribution >= 4 is 11.6 Å². The normalized spacial score (nSPS) is 23.8. The minimum Gasteiger partial charge on any atom is -0.356 e. The highest BCUT2D eigenvalue weighted by atomic mass is 15.3. The number of hydrazine groups is 1. The summed E-state index contributed by atoms with van der Waals surface area (Å²) in [7, 11) is 2.12. The lowest BCUT2D eigenvalue weighted by Crippen LogP contribution is -2.39. The van der Waals surface area contributed by atoms with Gasteiger partial charge in [-0.2, -0.15) is 0 Å². The van der Waals surface area contributed by atoms with E-state index in [0.29, 0.717) is 17.8 Å². The molecular formula is C13H23N5. The molecule has 0 saturated heterocycles. The highest BCUT2D eigenvalue weighted by Gasteiger charge is 2.26. The van der Waals surface area contributed by atoms with Gasteiger partial charge in [0.05, 0.1) is 0 Å². The maximum absolute atomic E-state index is 5.43. The lowest BCUT2D eigenvalue weighted by Gasteiger charge is -2.37. The van der Waals surface area contributed by atoms with Gasteiger partial charge in [0.15, 0.2) is 0 Å². The Morgan fingerprint density at radius 2 is 2.06 bits per heavy atom. The van der Waals surface area contributed by atoms with Crippen LogP contribution in [0.4, 0.5) is 11.6 Å². The first-order valence-electron chi connectivity index (χ1n) is 6.67. The van der Waals surface area contributed by atoms with E-state index in [1.54, 1.807) is 0 Å². The summed E-state index contributed by atoms with van der Waals surface area (Å²) < 4.78 is 0. The van der Waals surface area contributed by atoms with Gasteiger partial charge in [-0.05, 0) is 25.7 Å². The molecule has 0 aliphatic heterocycles. The van der Waals surface area contributed by atoms with Crippen LogP contribution < -0.4 is 16.2 Å². The van der Waals surface area contributed by atoms with Crippen LogP contribution in [0.3, 0.4) is 0 Å². The third-order valence-electron chi connectivity index (χ3n) is 3.90. The zero-order valence-corrected chi connectivity index (χ0v) is 11.5. The van der Waals surface area contributed by atoms with Crippen molar-refractivity contribution in [2.24, 2.45) is 11.8 Å². The molecule has 5 nitrogen and oxygen atoms in total. The van der Waals surface area contributed by atoms with Gasteiger partial charge >= 0.3 is 0 Å². The van der Waals surface area contributed by atoms with Crippen molar-refractivity contribution in [1.82, 2.24) is 9.97 Å². The van der Waals surface area contributed by atoms with Gasteiger partial charge in [0.1, 0.15) is 17.5 Å². The first-order chi connectivity index (χ1) is 8.61. The second kappa shape index (κ2) is 5.52. The van der Waals surface area contributed by atoms with Gasteiger partial charge < -0.3 is 10.3 Å². The maximum atomic E-state index is 5.43. The minimum atomic E-state index is 0.568. The van der Waals surface area contributed by atoms with Gasteiger partial charge in [0.2, 0.25) is 0 Å². The van der Waals surface area contributed by atoms with Crippen molar-refractivity contribution in [1.29, 1.82) is 0 Å². The highest BCUT2D eigenvalue weighted by Crippen LogP contribution is 2.30. The van der Waals surface area contributed by atoms with E-state index in [0.717, 1.165) is 11.6 Å². The predicted molar refractivity (Wildman–Crippen MR) is 74.4 cm³/mol. The third-order valence-corrected chi connectivity index (χ3v) is 3.90. The number of rotatable bonds is 3. The standard InChI is InChI=1S/C13H23N5/c1-9-6-4-5-7-11(9)18(3)13-8-12(17-14)15-10(2)16-13/h8-9,11H,4-7,14H2,1-3H3,(H,15,16,17). The second-order valence-electron chi connectivity index (χ2n) is 5.24. The van der Waals surface area contributed by atoms with Crippen molar-refractivity contribution in [2.75, 3.05) is 17.4 Å². The smallest absolute Gasteiger partial charge is 0.145 e. The summed E-state index contributed by atoms with van der Waals surface area (Å²) in [4.78, 5) is 11.0. The molecule has 2 atom stereocenters. The molecule has 1 aromatic rings. The Kier molecular flexibility index (Phi) is 4.01. The van der Waals surface area contributed by atoms with E-state index in [1.165, 1.54) is 25.7 Å². The van der Waals surface area contributed by atoms with Gasteiger partial charge in [-0.1, -0.05) is 19.8 Å². The molecule has 0 bridgehead atoms. The summed E-state index contributed by atoms with van der Waals surface area (Å²) >= 11 is 0. The molecule has 0 aromatic carbocycles. The van der Waals surface area contributed by atoms with Crippen molar-refractivity contribution in [3.8, 4) is 0 Å². The number of nitrogens with zero attached hydrogens (tertiary/aromatic N) is 3. The van der Waals surface area contributed by atoms with E-state index < -0.39 is 0 Å². The van der Waals surface area contributed by atoms with Crippen molar-refractivity contribution in [3.63, 3.8) is 0 Å². The van der Waals surface area contributed by atoms with Gasteiger partial charge in [-0.25, -0.2) is 15.8 Å². The molecule has 2 rings (SSSR count). The van der Waals surface area contributed by atoms with Crippen LogP contribution in [0.1, 0.15) is 38.4 Å². The summed E-state index contributed by atoms with van der Waals surface area (Å²) in [5, 5.41) is 0. The van der Waals surface area contributed by atoms with Gasteiger partial charge in [0, 0.05) is 19.2 Å². The Morgan fingerprint density at radius 1 is 1.33 bits per heavy atom. The van der Waals surface area contributed by atoms with Crippen LogP contribution >= 0.6 is 0 Å². The molecule has 1 aliphatic rings. The average Bonchev–Trinajstić information content (AvgIpc) is 2.37. The summed E-state index contributed by atoms with van der Waals surface area (Å²) in [6, 6.07) is 2.48. The molecule has 18 heavy (non-hydrogen) atoms. The number of nitrogens with one attached hydrogen (secondary N) is 1. The van der Waals surface area contributed by atoms with Crippen molar-refractivity contribution in [3.05, 3.63) is 11.9 Å². The molecule has 0 amide bonds. The van der Waals surface area contributed by atoms with Crippen LogP contribution in [0.25, 0.3) is 0 Å². The maximum Gasteiger partial charge on any atom is 0.145 e. The second-order valence-corrected chi connectivity index (χ2v) is 5.24. The van der Waals surface area contributed by atoms with Gasteiger partial charge in [0.25, 0.3) is 0 Å². The summed E-state index contributed by atoms with van der Waals surface area (Å²) in [5.74, 6) is 8.52. The number of nitrogens with two attached hydrogens (primary N) is 1. The number of nitrogen functional groups attached to an aromatic ring is 1. The van der Waals surface area contributed by atoms with Crippen molar-refractivity contribution < 1.29 is 0 Å². The molecule has 1 saturated carbocycles. The third kappa shape index (κ3) is 2.72. The van der Waals surface area contributed by atoms with Gasteiger partial charge in [-0.3, -0.25) is 0 Å². The molecule has 5 heteroatoms. The molecule has 1 heterocycles. The van der Waals surface area contributed by atoms with Crippen LogP contribution in [0, 0.1) is 12.8 Å². The van der Waals surface area contributed by atoms with Crippen LogP contribution in [-0.4, -0.2) is 23.1 Å². The zero-order chi connectivity index (χ0) is 13.1. The quantitative estimate of drug-likeness (QED) is 0.634. The number of hydrogen-bond donors (Lipinski definition) is 2. The number of aromatic nitrogens is 2. The average molecular weight is 249 g/mol. The number of anilines is 2. The van der Waals surface area contributed by atoms with Crippen LogP contribution in [0.15, 0.2) is 6.07 Å². The topological polar surface area (TPSA) is 67.1 Å². The largest absolute Gasteiger partial charge is 0.356 e. The number of hydrogen-bond acceptors (Lipinski definition) is 5. The lowest BCUT2D eigenvalue weighted by molar-refractivity contribution is 0.320. The van der Waals surface area contributed by atoms with Crippen LogP contribution in [0.5, 0.6) is 0 Å². The molecule has 2 unspecified atom stereocenters. The molecule has 1 fully saturated rings. The van der Waals surface area contributed by atoms with E-state index in [2.05, 4.69) is 34.3 Å². The Hall–Kier alpha value is -1.36. The molecular weight excluding hydrogens is 226 g/mol. The fourth-order valence-corrected chi connectivity index (χ4v) is 2.85. The summed E-state index contributed by atoms with van der Waals surface area (Å²) in [6.45, 7) is 4.22. The summed E-state index contributed by atoms with van der Waals surface area (Å²) in [5.41, 5.74) is 2.60. The van der Waals surface area contributed by atoms with E-state index in [1.807, 2.05) is 13.0 Å². The lowest BCUT2D eigenvalue weighted by atomic mass is 9.85. The minimum absolute atomic E-state index is 0.568. The van der Waals surface area contributed by atoms with E-state index in [4.69, 9.17) is 5.84 Å². The van der Waals surface area contributed by atoms with E-state index in [9.17, 15) is 0 Å². The van der Waals surface area contributed by atoms with Crippen LogP contribution in [-0.2, 0) is 0 Å². The molecule has 1 aliphatic carbocycles. The molecule has 0 radical (unpaired) electrons. The van der Waals surface area contributed by atoms with Gasteiger partial charge in [-0.15, -0.1) is 0 Å². The SMILES string of the molecule is Cc1nc(NN)cc(N(C)C2CCCCC2C)n1. The zero-order valence-electron chi connectivity index (χ0n) is 11.5. The Morgan fingerprint density at radius 3 is 2.72 bits per heavy atom. The number of aryl methyl sites for hydroxylation is 1. The highest BCUT2D eigenvalue weighted by molar-refractivity contribution is 5.49. The Balaban J connectivity index is 2.21. The summed E-state index contributed by atoms with van der Waals surface area (Å²) in [6.07, 6.45) is 5.21. The van der Waals surface area contributed by atoms with Crippen LogP contribution in [0.2, 0.25) is 0 Å². The molecule has 3 N–H and O–H groups in total. The fourth-order valence-electron chi connectivity index (χ4n) is 2.85. The first-order valence-corrected chi connectivity index (χ1v) is 6.67. The van der Waals surface area contributed by atoms with Crippen molar-refractivity contribution in [2.45, 2.75) is 45.6 Å².